The maximum Gasteiger partial charge on any atom is 0.300 e. The van der Waals surface area contributed by atoms with Gasteiger partial charge in [0.15, 0.2) is 17.4 Å². The largest absolute Gasteiger partial charge is 0.488 e. The maximum absolute atomic E-state index is 11.8. The fraction of sp³-hybridized carbons (Fsp3) is 0.240. The van der Waals surface area contributed by atoms with E-state index in [9.17, 15) is 4.79 Å². The molecule has 1 N–H and O–H groups in total. The highest BCUT2D eigenvalue weighted by Crippen LogP contribution is 2.35. The van der Waals surface area contributed by atoms with Gasteiger partial charge in [0, 0.05) is 24.4 Å². The van der Waals surface area contributed by atoms with Gasteiger partial charge < -0.3 is 19.4 Å². The van der Waals surface area contributed by atoms with Crippen LogP contribution in [0.2, 0.25) is 0 Å². The Balaban J connectivity index is 1.49. The van der Waals surface area contributed by atoms with Crippen molar-refractivity contribution in [3.05, 3.63) is 59.3 Å². The van der Waals surface area contributed by atoms with Crippen LogP contribution in [0.5, 0.6) is 17.5 Å². The highest BCUT2D eigenvalue weighted by atomic mass is 16.5. The summed E-state index contributed by atoms with van der Waals surface area (Å²) in [6.07, 6.45) is 1.87. The van der Waals surface area contributed by atoms with Crippen LogP contribution in [0.1, 0.15) is 28.4 Å². The molecule has 0 saturated heterocycles. The second-order valence-corrected chi connectivity index (χ2v) is 8.18. The van der Waals surface area contributed by atoms with Gasteiger partial charge in [0.25, 0.3) is 6.01 Å². The lowest BCUT2D eigenvalue weighted by atomic mass is 10.0. The van der Waals surface area contributed by atoms with E-state index >= 15 is 0 Å². The normalized spacial score (nSPS) is 13.1. The zero-order chi connectivity index (χ0) is 22.4. The van der Waals surface area contributed by atoms with Crippen molar-refractivity contribution in [1.82, 2.24) is 15.0 Å². The van der Waals surface area contributed by atoms with E-state index in [1.165, 1.54) is 0 Å². The number of pyridine rings is 1. The number of benzene rings is 2. The fourth-order valence-corrected chi connectivity index (χ4v) is 4.03. The first-order valence-electron chi connectivity index (χ1n) is 10.5. The van der Waals surface area contributed by atoms with Gasteiger partial charge in [0.2, 0.25) is 0 Å². The van der Waals surface area contributed by atoms with Crippen molar-refractivity contribution in [3.63, 3.8) is 0 Å². The third-order valence-corrected chi connectivity index (χ3v) is 5.80. The Morgan fingerprint density at radius 3 is 2.81 bits per heavy atom. The Kier molecular flexibility index (Phi) is 4.81. The van der Waals surface area contributed by atoms with Crippen molar-refractivity contribution in [3.8, 4) is 28.6 Å². The van der Waals surface area contributed by atoms with Gasteiger partial charge in [-0.1, -0.05) is 6.07 Å². The summed E-state index contributed by atoms with van der Waals surface area (Å²) in [6.45, 7) is 6.99. The molecule has 7 nitrogen and oxygen atoms in total. The summed E-state index contributed by atoms with van der Waals surface area (Å²) >= 11 is 0. The van der Waals surface area contributed by atoms with Crippen LogP contribution >= 0.6 is 0 Å². The summed E-state index contributed by atoms with van der Waals surface area (Å²) in [4.78, 5) is 26.4. The standard InChI is InChI=1S/C25H24N4O3/c1-14-5-6-18(11-19(14)16(3)30)32-25-27-21-9-15(2)20(12-22(21)28-25)17-10-23-24(26-13-17)29(4)7-8-31-23/h5-6,9-13H,7-8H2,1-4H3,(H,27,28). The Labute approximate surface area is 186 Å². The van der Waals surface area contributed by atoms with E-state index in [0.29, 0.717) is 23.9 Å². The number of nitrogens with zero attached hydrogens (tertiary/aromatic N) is 3. The van der Waals surface area contributed by atoms with Gasteiger partial charge >= 0.3 is 0 Å². The molecule has 0 unspecified atom stereocenters. The number of rotatable bonds is 4. The average Bonchev–Trinajstić information content (AvgIpc) is 3.15. The number of aryl methyl sites for hydroxylation is 2. The van der Waals surface area contributed by atoms with Gasteiger partial charge in [0.05, 0.1) is 17.6 Å². The molecule has 2 aromatic heterocycles. The Morgan fingerprint density at radius 1 is 1.16 bits per heavy atom. The van der Waals surface area contributed by atoms with E-state index in [2.05, 4.69) is 26.8 Å². The van der Waals surface area contributed by atoms with Crippen LogP contribution in [0.25, 0.3) is 22.2 Å². The number of likely N-dealkylation sites (N-methyl/N-ethyl adjacent to an activating group) is 1. The fourth-order valence-electron chi connectivity index (χ4n) is 4.03. The van der Waals surface area contributed by atoms with Crippen molar-refractivity contribution >= 4 is 22.6 Å². The molecular formula is C25H24N4O3. The smallest absolute Gasteiger partial charge is 0.300 e. The SMILES string of the molecule is CC(=O)c1cc(Oc2nc3cc(-c4cnc5c(c4)OCCN5C)c(C)cc3[nH]2)ccc1C. The number of ketones is 1. The first kappa shape index (κ1) is 20.1. The predicted octanol–water partition coefficient (Wildman–Crippen LogP) is 5.07. The molecule has 0 bridgehead atoms. The zero-order valence-corrected chi connectivity index (χ0v) is 18.5. The molecule has 0 amide bonds. The number of H-pyrrole nitrogens is 1. The van der Waals surface area contributed by atoms with E-state index in [0.717, 1.165) is 51.4 Å². The first-order chi connectivity index (χ1) is 15.4. The van der Waals surface area contributed by atoms with Crippen LogP contribution in [-0.4, -0.2) is 40.9 Å². The first-order valence-corrected chi connectivity index (χ1v) is 10.5. The number of carbonyl (C=O) groups excluding carboxylic acids is 1. The van der Waals surface area contributed by atoms with Crippen LogP contribution in [0, 0.1) is 13.8 Å². The summed E-state index contributed by atoms with van der Waals surface area (Å²) in [7, 11) is 2.02. The minimum atomic E-state index is 0.00616. The van der Waals surface area contributed by atoms with Crippen LogP contribution in [0.4, 0.5) is 5.82 Å². The van der Waals surface area contributed by atoms with Gasteiger partial charge in [-0.25, -0.2) is 4.98 Å². The molecule has 162 valence electrons. The van der Waals surface area contributed by atoms with Gasteiger partial charge in [-0.15, -0.1) is 0 Å². The van der Waals surface area contributed by atoms with Crippen molar-refractivity contribution in [2.75, 3.05) is 25.1 Å². The minimum Gasteiger partial charge on any atom is -0.488 e. The van der Waals surface area contributed by atoms with Crippen molar-refractivity contribution in [2.24, 2.45) is 0 Å². The molecule has 3 heterocycles. The van der Waals surface area contributed by atoms with E-state index in [-0.39, 0.29) is 5.78 Å². The minimum absolute atomic E-state index is 0.00616. The molecule has 1 aliphatic heterocycles. The van der Waals surface area contributed by atoms with Gasteiger partial charge in [-0.3, -0.25) is 4.79 Å². The molecule has 5 rings (SSSR count). The summed E-state index contributed by atoms with van der Waals surface area (Å²) in [5.41, 5.74) is 6.34. The van der Waals surface area contributed by atoms with Crippen LogP contribution in [-0.2, 0) is 0 Å². The summed E-state index contributed by atoms with van der Waals surface area (Å²) < 4.78 is 11.7. The lowest BCUT2D eigenvalue weighted by molar-refractivity contribution is 0.101. The van der Waals surface area contributed by atoms with E-state index in [1.807, 2.05) is 50.5 Å². The quantitative estimate of drug-likeness (QED) is 0.458. The number of Topliss-reactive ketones (excluding diaryl/α,β-unsaturated/α-hetero) is 1. The van der Waals surface area contributed by atoms with Crippen molar-refractivity contribution in [2.45, 2.75) is 20.8 Å². The molecule has 7 heteroatoms. The highest BCUT2D eigenvalue weighted by molar-refractivity contribution is 5.96. The Morgan fingerprint density at radius 2 is 2.00 bits per heavy atom. The molecule has 2 aromatic carbocycles. The second kappa shape index (κ2) is 7.67. The highest BCUT2D eigenvalue weighted by Gasteiger charge is 2.18. The number of carbonyl (C=O) groups is 1. The van der Waals surface area contributed by atoms with E-state index in [4.69, 9.17) is 9.47 Å². The molecule has 0 aliphatic carbocycles. The van der Waals surface area contributed by atoms with Crippen LogP contribution in [0.3, 0.4) is 0 Å². The van der Waals surface area contributed by atoms with Gasteiger partial charge in [0.1, 0.15) is 12.4 Å². The predicted molar refractivity (Wildman–Crippen MR) is 124 cm³/mol. The number of nitrogens with one attached hydrogen (secondary N) is 1. The number of ether oxygens (including phenoxy) is 2. The number of aromatic nitrogens is 3. The molecule has 0 radical (unpaired) electrons. The summed E-state index contributed by atoms with van der Waals surface area (Å²) in [5, 5.41) is 0. The third kappa shape index (κ3) is 3.56. The number of hydrogen-bond acceptors (Lipinski definition) is 6. The third-order valence-electron chi connectivity index (χ3n) is 5.80. The summed E-state index contributed by atoms with van der Waals surface area (Å²) in [5.74, 6) is 2.23. The summed E-state index contributed by atoms with van der Waals surface area (Å²) in [6, 6.07) is 11.9. The molecule has 0 spiro atoms. The number of aromatic amines is 1. The Bertz CT molecular complexity index is 1360. The molecular weight excluding hydrogens is 404 g/mol. The van der Waals surface area contributed by atoms with Crippen LogP contribution in [0.15, 0.2) is 42.6 Å². The molecule has 4 aromatic rings. The number of hydrogen-bond donors (Lipinski definition) is 1. The maximum atomic E-state index is 11.8. The number of imidazole rings is 1. The van der Waals surface area contributed by atoms with Crippen LogP contribution < -0.4 is 14.4 Å². The topological polar surface area (TPSA) is 80.3 Å². The van der Waals surface area contributed by atoms with E-state index in [1.54, 1.807) is 13.0 Å². The van der Waals surface area contributed by atoms with Gasteiger partial charge in [-0.2, -0.15) is 4.98 Å². The average molecular weight is 428 g/mol. The lowest BCUT2D eigenvalue weighted by Gasteiger charge is -2.26. The molecule has 32 heavy (non-hydrogen) atoms. The zero-order valence-electron chi connectivity index (χ0n) is 18.5. The lowest BCUT2D eigenvalue weighted by Crippen LogP contribution is -2.29. The Hall–Kier alpha value is -3.87. The molecule has 1 aliphatic rings. The molecule has 0 saturated carbocycles. The van der Waals surface area contributed by atoms with Crippen molar-refractivity contribution in [1.29, 1.82) is 0 Å². The van der Waals surface area contributed by atoms with E-state index < -0.39 is 0 Å². The number of anilines is 1. The van der Waals surface area contributed by atoms with Gasteiger partial charge in [-0.05, 0) is 67.8 Å². The monoisotopic (exact) mass is 428 g/mol. The molecule has 0 fully saturated rings. The van der Waals surface area contributed by atoms with Crippen molar-refractivity contribution < 1.29 is 14.3 Å². The second-order valence-electron chi connectivity index (χ2n) is 8.18. The molecule has 0 atom stereocenters. The number of fused-ring (bicyclic) bond motifs is 2.